The number of ether oxygens (including phenoxy) is 2. The molecule has 264 valence electrons. The van der Waals surface area contributed by atoms with Crippen molar-refractivity contribution in [3.63, 3.8) is 0 Å². The second-order valence-electron chi connectivity index (χ2n) is 12.1. The Morgan fingerprint density at radius 3 is 2.02 bits per heavy atom. The Morgan fingerprint density at radius 1 is 0.894 bits per heavy atom. The fourth-order valence-corrected chi connectivity index (χ4v) is 5.09. The van der Waals surface area contributed by atoms with Crippen molar-refractivity contribution < 1.29 is 48.8 Å². The van der Waals surface area contributed by atoms with Gasteiger partial charge in [-0.15, -0.1) is 0 Å². The Morgan fingerprint density at radius 2 is 1.49 bits per heavy atom. The van der Waals surface area contributed by atoms with Gasteiger partial charge >= 0.3 is 17.9 Å². The highest BCUT2D eigenvalue weighted by Gasteiger charge is 2.49. The van der Waals surface area contributed by atoms with Gasteiger partial charge in [0.25, 0.3) is 0 Å². The van der Waals surface area contributed by atoms with E-state index in [0.717, 1.165) is 52.1 Å². The van der Waals surface area contributed by atoms with E-state index in [1.807, 2.05) is 13.8 Å². The molecule has 11 heteroatoms. The first-order valence-corrected chi connectivity index (χ1v) is 16.9. The first-order valence-electron chi connectivity index (χ1n) is 16.9. The van der Waals surface area contributed by atoms with Crippen molar-refractivity contribution >= 4 is 29.6 Å². The molecule has 1 unspecified atom stereocenters. The minimum Gasteiger partial charge on any atom is -0.491 e. The number of unbranched alkanes of at least 4 members (excludes halogenated alkanes) is 8. The van der Waals surface area contributed by atoms with Crippen LogP contribution in [0.2, 0.25) is 0 Å². The Balaban J connectivity index is 2.89. The van der Waals surface area contributed by atoms with Gasteiger partial charge < -0.3 is 30.1 Å². The molecule has 4 N–H and O–H groups in total. The Kier molecular flexibility index (Phi) is 20.0. The van der Waals surface area contributed by atoms with Gasteiger partial charge in [-0.25, -0.2) is 9.59 Å². The maximum Gasteiger partial charge on any atom is 0.337 e. The summed E-state index contributed by atoms with van der Waals surface area (Å²) in [6.07, 6.45) is 12.5. The molecule has 0 aliphatic rings. The minimum absolute atomic E-state index is 0.00967. The maximum atomic E-state index is 13.5. The van der Waals surface area contributed by atoms with Crippen molar-refractivity contribution in [3.05, 3.63) is 42.0 Å². The lowest BCUT2D eigenvalue weighted by Crippen LogP contribution is -2.55. The standard InChI is InChI=1S/C36H55NO10/c1-5-7-8-11-14-17-28(38)18-15-12-9-10-13-16-19-30(36(45,35(43)44)25-32(39)40)33(41)37-31(34(42)46-4)24-27-20-22-29(23-21-27)47-26(3)6-2/h16,19-23,26,30-31,45H,5-15,17-18,24-25H2,1-4H3,(H,37,41)(H,39,40)(H,43,44)/t26?,30-,31+,36+/m1/s1. The number of rotatable bonds is 26. The predicted octanol–water partition coefficient (Wildman–Crippen LogP) is 5.80. The van der Waals surface area contributed by atoms with Crippen LogP contribution in [0.3, 0.4) is 0 Å². The zero-order valence-electron chi connectivity index (χ0n) is 28.5. The van der Waals surface area contributed by atoms with Crippen molar-refractivity contribution in [3.8, 4) is 5.75 Å². The summed E-state index contributed by atoms with van der Waals surface area (Å²) >= 11 is 0. The molecular weight excluding hydrogens is 606 g/mol. The number of aliphatic hydroxyl groups is 1. The topological polar surface area (TPSA) is 177 Å². The SMILES string of the molecule is CCCCCCCC(=O)CCCCCCC=C[C@H](C(=O)N[C@@H](Cc1ccc(OC(C)CC)cc1)C(=O)OC)[C@@](O)(CC(=O)O)C(=O)O. The van der Waals surface area contributed by atoms with E-state index in [-0.39, 0.29) is 18.3 Å². The third-order valence-electron chi connectivity index (χ3n) is 8.13. The lowest BCUT2D eigenvalue weighted by molar-refractivity contribution is -0.172. The molecule has 1 aromatic rings. The van der Waals surface area contributed by atoms with Crippen LogP contribution in [0.4, 0.5) is 0 Å². The summed E-state index contributed by atoms with van der Waals surface area (Å²) < 4.78 is 10.6. The van der Waals surface area contributed by atoms with Gasteiger partial charge in [-0.05, 0) is 56.7 Å². The summed E-state index contributed by atoms with van der Waals surface area (Å²) in [5.41, 5.74) is -2.32. The molecule has 0 heterocycles. The van der Waals surface area contributed by atoms with Crippen LogP contribution in [0.5, 0.6) is 5.75 Å². The zero-order valence-corrected chi connectivity index (χ0v) is 28.5. The molecule has 0 aliphatic carbocycles. The molecule has 0 aliphatic heterocycles. The summed E-state index contributed by atoms with van der Waals surface area (Å²) in [5, 5.41) is 32.6. The molecule has 4 atom stereocenters. The number of benzene rings is 1. The van der Waals surface area contributed by atoms with Crippen LogP contribution in [-0.2, 0) is 35.1 Å². The highest BCUT2D eigenvalue weighted by molar-refractivity contribution is 5.94. The Labute approximate surface area is 279 Å². The second-order valence-corrected chi connectivity index (χ2v) is 12.1. The largest absolute Gasteiger partial charge is 0.491 e. The van der Waals surface area contributed by atoms with Gasteiger partial charge in [-0.3, -0.25) is 14.4 Å². The molecule has 0 aromatic heterocycles. The summed E-state index contributed by atoms with van der Waals surface area (Å²) in [4.78, 5) is 61.8. The fourth-order valence-electron chi connectivity index (χ4n) is 5.09. The molecule has 0 saturated carbocycles. The number of ketones is 1. The molecule has 0 spiro atoms. The van der Waals surface area contributed by atoms with Crippen LogP contribution in [-0.4, -0.2) is 69.8 Å². The second kappa shape index (κ2) is 22.7. The van der Waals surface area contributed by atoms with E-state index < -0.39 is 47.8 Å². The molecule has 0 fully saturated rings. The molecule has 11 nitrogen and oxygen atoms in total. The number of Topliss-reactive ketones (excluding diaryl/α,β-unsaturated/α-hetero) is 1. The number of amides is 1. The van der Waals surface area contributed by atoms with E-state index in [4.69, 9.17) is 9.47 Å². The quantitative estimate of drug-likeness (QED) is 0.0539. The monoisotopic (exact) mass is 661 g/mol. The van der Waals surface area contributed by atoms with Crippen molar-refractivity contribution in [2.24, 2.45) is 5.92 Å². The average molecular weight is 662 g/mol. The van der Waals surface area contributed by atoms with Crippen molar-refractivity contribution in [2.75, 3.05) is 7.11 Å². The summed E-state index contributed by atoms with van der Waals surface area (Å²) in [7, 11) is 1.14. The normalized spacial score (nSPS) is 14.5. The fraction of sp³-hybridized carbons (Fsp3) is 0.639. The van der Waals surface area contributed by atoms with E-state index in [9.17, 15) is 39.3 Å². The summed E-state index contributed by atoms with van der Waals surface area (Å²) in [5.74, 6) is -6.23. The van der Waals surface area contributed by atoms with Gasteiger partial charge in [0.05, 0.1) is 25.6 Å². The van der Waals surface area contributed by atoms with Crippen LogP contribution in [0.1, 0.15) is 116 Å². The third kappa shape index (κ3) is 16.1. The Bertz CT molecular complexity index is 1150. The van der Waals surface area contributed by atoms with Crippen molar-refractivity contribution in [1.29, 1.82) is 0 Å². The van der Waals surface area contributed by atoms with Crippen LogP contribution in [0.25, 0.3) is 0 Å². The molecule has 47 heavy (non-hydrogen) atoms. The van der Waals surface area contributed by atoms with E-state index in [2.05, 4.69) is 12.2 Å². The zero-order chi connectivity index (χ0) is 35.2. The van der Waals surface area contributed by atoms with E-state index in [1.54, 1.807) is 24.3 Å². The number of carboxylic acid groups (broad SMARTS) is 2. The van der Waals surface area contributed by atoms with E-state index in [1.165, 1.54) is 25.0 Å². The highest BCUT2D eigenvalue weighted by Crippen LogP contribution is 2.26. The lowest BCUT2D eigenvalue weighted by Gasteiger charge is -2.29. The first kappa shape index (κ1) is 41.3. The number of hydrogen-bond donors (Lipinski definition) is 4. The van der Waals surface area contributed by atoms with Gasteiger partial charge in [0, 0.05) is 19.3 Å². The average Bonchev–Trinajstić information content (AvgIpc) is 3.03. The summed E-state index contributed by atoms with van der Waals surface area (Å²) in [6.45, 7) is 6.09. The number of aliphatic carboxylic acids is 2. The number of methoxy groups -OCH3 is 1. The van der Waals surface area contributed by atoms with Crippen LogP contribution in [0.15, 0.2) is 36.4 Å². The van der Waals surface area contributed by atoms with Crippen LogP contribution < -0.4 is 10.1 Å². The van der Waals surface area contributed by atoms with Crippen LogP contribution >= 0.6 is 0 Å². The number of carbonyl (C=O) groups excluding carboxylic acids is 3. The number of carbonyl (C=O) groups is 5. The van der Waals surface area contributed by atoms with E-state index in [0.29, 0.717) is 37.0 Å². The molecular formula is C36H55NO10. The Hall–Kier alpha value is -3.73. The molecule has 1 amide bonds. The number of nitrogens with one attached hydrogen (secondary N) is 1. The number of carboxylic acids is 2. The molecule has 1 rings (SSSR count). The highest BCUT2D eigenvalue weighted by atomic mass is 16.5. The number of hydrogen-bond acceptors (Lipinski definition) is 8. The van der Waals surface area contributed by atoms with Gasteiger partial charge in [0.1, 0.15) is 17.6 Å². The van der Waals surface area contributed by atoms with Gasteiger partial charge in [-0.2, -0.15) is 0 Å². The molecule has 0 saturated heterocycles. The van der Waals surface area contributed by atoms with Crippen molar-refractivity contribution in [2.45, 2.75) is 135 Å². The van der Waals surface area contributed by atoms with Gasteiger partial charge in [0.2, 0.25) is 5.91 Å². The predicted molar refractivity (Wildman–Crippen MR) is 178 cm³/mol. The maximum absolute atomic E-state index is 13.5. The summed E-state index contributed by atoms with van der Waals surface area (Å²) in [6, 6.07) is 5.66. The van der Waals surface area contributed by atoms with Crippen molar-refractivity contribution in [1.82, 2.24) is 5.32 Å². The minimum atomic E-state index is -2.97. The third-order valence-corrected chi connectivity index (χ3v) is 8.13. The van der Waals surface area contributed by atoms with Gasteiger partial charge in [0.15, 0.2) is 5.60 Å². The molecule has 0 radical (unpaired) electrons. The van der Waals surface area contributed by atoms with Gasteiger partial charge in [-0.1, -0.05) is 76.7 Å². The molecule has 1 aromatic carbocycles. The van der Waals surface area contributed by atoms with E-state index >= 15 is 0 Å². The lowest BCUT2D eigenvalue weighted by atomic mass is 9.82. The smallest absolute Gasteiger partial charge is 0.337 e. The van der Waals surface area contributed by atoms with Crippen LogP contribution in [0, 0.1) is 5.92 Å². The molecule has 0 bridgehead atoms. The number of esters is 1. The number of allylic oxidation sites excluding steroid dienone is 1. The first-order chi connectivity index (χ1) is 22.4.